The summed E-state index contributed by atoms with van der Waals surface area (Å²) < 4.78 is 11.9. The largest absolute Gasteiger partial charge is 0.444 e. The molecule has 1 saturated heterocycles. The summed E-state index contributed by atoms with van der Waals surface area (Å²) in [6.45, 7) is 7.24. The first-order valence-corrected chi connectivity index (χ1v) is 9.63. The van der Waals surface area contributed by atoms with Crippen LogP contribution in [-0.2, 0) is 11.2 Å². The minimum atomic E-state index is -0.434. The van der Waals surface area contributed by atoms with E-state index < -0.39 is 5.60 Å². The van der Waals surface area contributed by atoms with Crippen LogP contribution in [0.4, 0.5) is 4.79 Å². The molecule has 1 aromatic heterocycles. The smallest absolute Gasteiger partial charge is 0.410 e. The lowest BCUT2D eigenvalue weighted by Gasteiger charge is -2.33. The number of nitrogens with zero attached hydrogens (tertiary/aromatic N) is 2. The second-order valence-electron chi connectivity index (χ2n) is 7.72. The molecule has 1 aliphatic rings. The van der Waals surface area contributed by atoms with Crippen LogP contribution in [0.1, 0.15) is 45.7 Å². The average Bonchev–Trinajstić information content (AvgIpc) is 2.94. The van der Waals surface area contributed by atoms with Crippen molar-refractivity contribution in [3.05, 3.63) is 28.4 Å². The summed E-state index contributed by atoms with van der Waals surface area (Å²) in [5.41, 5.74) is 1.41. The Morgan fingerprint density at radius 3 is 2.76 bits per heavy atom. The predicted molar refractivity (Wildman–Crippen MR) is 101 cm³/mol. The SMILES string of the molecule is CC(C)(C)OC(=O)N1CCC(CCc2noc3cc(Br)ccc23)CC1. The minimum Gasteiger partial charge on any atom is -0.444 e. The lowest BCUT2D eigenvalue weighted by molar-refractivity contribution is 0.0181. The highest BCUT2D eigenvalue weighted by atomic mass is 79.9. The molecule has 1 amide bonds. The van der Waals surface area contributed by atoms with Crippen LogP contribution < -0.4 is 0 Å². The third kappa shape index (κ3) is 4.75. The maximum absolute atomic E-state index is 12.1. The van der Waals surface area contributed by atoms with Crippen molar-refractivity contribution < 1.29 is 14.1 Å². The van der Waals surface area contributed by atoms with E-state index in [1.165, 1.54) is 0 Å². The highest BCUT2D eigenvalue weighted by Crippen LogP contribution is 2.27. The molecule has 0 atom stereocenters. The number of fused-ring (bicyclic) bond motifs is 1. The van der Waals surface area contributed by atoms with Crippen molar-refractivity contribution in [2.45, 2.75) is 52.1 Å². The number of carbonyl (C=O) groups excluding carboxylic acids is 1. The Morgan fingerprint density at radius 2 is 2.08 bits per heavy atom. The number of halogens is 1. The van der Waals surface area contributed by atoms with Crippen molar-refractivity contribution in [2.24, 2.45) is 5.92 Å². The summed E-state index contributed by atoms with van der Waals surface area (Å²) >= 11 is 3.45. The van der Waals surface area contributed by atoms with E-state index in [1.807, 2.05) is 37.8 Å². The van der Waals surface area contributed by atoms with Crippen LogP contribution in [0.3, 0.4) is 0 Å². The molecule has 25 heavy (non-hydrogen) atoms. The average molecular weight is 409 g/mol. The normalized spacial score (nSPS) is 16.4. The Labute approximate surface area is 156 Å². The van der Waals surface area contributed by atoms with E-state index >= 15 is 0 Å². The van der Waals surface area contributed by atoms with Crippen molar-refractivity contribution in [1.29, 1.82) is 0 Å². The van der Waals surface area contributed by atoms with Gasteiger partial charge >= 0.3 is 6.09 Å². The van der Waals surface area contributed by atoms with Gasteiger partial charge in [0, 0.05) is 22.9 Å². The van der Waals surface area contributed by atoms with Crippen LogP contribution >= 0.6 is 15.9 Å². The predicted octanol–water partition coefficient (Wildman–Crippen LogP) is 5.17. The van der Waals surface area contributed by atoms with E-state index in [9.17, 15) is 4.79 Å². The standard InChI is InChI=1S/C19H25BrN2O3/c1-19(2,3)24-18(23)22-10-8-13(9-11-22)4-7-16-15-6-5-14(20)12-17(15)25-21-16/h5-6,12-13H,4,7-11H2,1-3H3. The number of amides is 1. The summed E-state index contributed by atoms with van der Waals surface area (Å²) in [4.78, 5) is 13.9. The van der Waals surface area contributed by atoms with Gasteiger partial charge in [-0.3, -0.25) is 0 Å². The van der Waals surface area contributed by atoms with Crippen LogP contribution in [-0.4, -0.2) is 34.8 Å². The quantitative estimate of drug-likeness (QED) is 0.702. The molecule has 0 N–H and O–H groups in total. The Morgan fingerprint density at radius 1 is 1.36 bits per heavy atom. The number of benzene rings is 1. The summed E-state index contributed by atoms with van der Waals surface area (Å²) in [5.74, 6) is 0.612. The van der Waals surface area contributed by atoms with Crippen LogP contribution in [0, 0.1) is 5.92 Å². The number of carbonyl (C=O) groups is 1. The van der Waals surface area contributed by atoms with E-state index in [0.29, 0.717) is 5.92 Å². The number of piperidine rings is 1. The zero-order valence-electron chi connectivity index (χ0n) is 15.0. The van der Waals surface area contributed by atoms with Gasteiger partial charge < -0.3 is 14.2 Å². The molecule has 0 radical (unpaired) electrons. The van der Waals surface area contributed by atoms with Gasteiger partial charge in [0.15, 0.2) is 5.58 Å². The van der Waals surface area contributed by atoms with Gasteiger partial charge in [-0.2, -0.15) is 0 Å². The van der Waals surface area contributed by atoms with Crippen LogP contribution in [0.25, 0.3) is 11.0 Å². The van der Waals surface area contributed by atoms with Crippen molar-refractivity contribution >= 4 is 33.0 Å². The highest BCUT2D eigenvalue weighted by Gasteiger charge is 2.27. The van der Waals surface area contributed by atoms with E-state index in [-0.39, 0.29) is 6.09 Å². The first-order valence-electron chi connectivity index (χ1n) is 8.83. The molecule has 2 heterocycles. The molecule has 0 unspecified atom stereocenters. The third-order valence-corrected chi connectivity index (χ3v) is 5.06. The van der Waals surface area contributed by atoms with Gasteiger partial charge in [0.05, 0.1) is 5.69 Å². The van der Waals surface area contributed by atoms with E-state index in [4.69, 9.17) is 9.26 Å². The molecule has 1 fully saturated rings. The van der Waals surface area contributed by atoms with Crippen LogP contribution in [0.5, 0.6) is 0 Å². The second kappa shape index (κ2) is 7.36. The lowest BCUT2D eigenvalue weighted by atomic mass is 9.91. The summed E-state index contributed by atoms with van der Waals surface area (Å²) in [6, 6.07) is 6.02. The third-order valence-electron chi connectivity index (χ3n) is 4.56. The number of hydrogen-bond donors (Lipinski definition) is 0. The fourth-order valence-corrected chi connectivity index (χ4v) is 3.56. The first kappa shape index (κ1) is 18.2. The molecule has 0 aliphatic carbocycles. The number of hydrogen-bond acceptors (Lipinski definition) is 4. The fourth-order valence-electron chi connectivity index (χ4n) is 3.22. The summed E-state index contributed by atoms with van der Waals surface area (Å²) in [6.07, 6.45) is 3.81. The first-order chi connectivity index (χ1) is 11.8. The molecule has 0 bridgehead atoms. The Bertz CT molecular complexity index is 743. The highest BCUT2D eigenvalue weighted by molar-refractivity contribution is 9.10. The summed E-state index contributed by atoms with van der Waals surface area (Å²) in [5, 5.41) is 5.32. The molecule has 136 valence electrons. The van der Waals surface area contributed by atoms with Gasteiger partial charge in [-0.05, 0) is 70.6 Å². The number of ether oxygens (including phenoxy) is 1. The number of aryl methyl sites for hydroxylation is 1. The molecular formula is C19H25BrN2O3. The topological polar surface area (TPSA) is 55.6 Å². The molecule has 1 aromatic carbocycles. The van der Waals surface area contributed by atoms with Gasteiger partial charge in [0.25, 0.3) is 0 Å². The van der Waals surface area contributed by atoms with E-state index in [1.54, 1.807) is 0 Å². The van der Waals surface area contributed by atoms with Crippen LogP contribution in [0.2, 0.25) is 0 Å². The Kier molecular flexibility index (Phi) is 5.37. The molecular weight excluding hydrogens is 384 g/mol. The zero-order chi connectivity index (χ0) is 18.0. The lowest BCUT2D eigenvalue weighted by Crippen LogP contribution is -2.41. The number of aromatic nitrogens is 1. The van der Waals surface area contributed by atoms with Crippen molar-refractivity contribution in [3.8, 4) is 0 Å². The zero-order valence-corrected chi connectivity index (χ0v) is 16.6. The second-order valence-corrected chi connectivity index (χ2v) is 8.63. The van der Waals surface area contributed by atoms with Gasteiger partial charge in [0.1, 0.15) is 5.60 Å². The van der Waals surface area contributed by atoms with Crippen molar-refractivity contribution in [2.75, 3.05) is 13.1 Å². The van der Waals surface area contributed by atoms with Gasteiger partial charge in [0.2, 0.25) is 0 Å². The Balaban J connectivity index is 1.50. The van der Waals surface area contributed by atoms with Crippen molar-refractivity contribution in [3.63, 3.8) is 0 Å². The number of likely N-dealkylation sites (tertiary alicyclic amines) is 1. The van der Waals surface area contributed by atoms with Gasteiger partial charge in [-0.25, -0.2) is 4.79 Å². The molecule has 3 rings (SSSR count). The van der Waals surface area contributed by atoms with Gasteiger partial charge in [-0.1, -0.05) is 21.1 Å². The fraction of sp³-hybridized carbons (Fsp3) is 0.579. The van der Waals surface area contributed by atoms with E-state index in [2.05, 4.69) is 27.2 Å². The Hall–Kier alpha value is -1.56. The number of rotatable bonds is 3. The molecule has 6 heteroatoms. The van der Waals surface area contributed by atoms with Gasteiger partial charge in [-0.15, -0.1) is 0 Å². The maximum atomic E-state index is 12.1. The monoisotopic (exact) mass is 408 g/mol. The summed E-state index contributed by atoms with van der Waals surface area (Å²) in [7, 11) is 0. The molecule has 5 nitrogen and oxygen atoms in total. The molecule has 2 aromatic rings. The molecule has 0 saturated carbocycles. The van der Waals surface area contributed by atoms with E-state index in [0.717, 1.165) is 59.9 Å². The van der Waals surface area contributed by atoms with Crippen molar-refractivity contribution in [1.82, 2.24) is 10.1 Å². The molecule has 0 spiro atoms. The maximum Gasteiger partial charge on any atom is 0.410 e. The minimum absolute atomic E-state index is 0.195. The molecule has 1 aliphatic heterocycles. The van der Waals surface area contributed by atoms with Crippen LogP contribution in [0.15, 0.2) is 27.2 Å².